The molecule has 0 spiro atoms. The minimum atomic E-state index is -4.89. The Morgan fingerprint density at radius 1 is 0.800 bits per heavy atom. The molecule has 0 saturated heterocycles. The van der Waals surface area contributed by atoms with Gasteiger partial charge in [-0.15, -0.1) is 0 Å². The highest BCUT2D eigenvalue weighted by molar-refractivity contribution is 7.88. The summed E-state index contributed by atoms with van der Waals surface area (Å²) >= 11 is 0. The minimum Gasteiger partial charge on any atom is -0.282 e. The highest BCUT2D eigenvalue weighted by atomic mass is 32.2. The zero-order valence-electron chi connectivity index (χ0n) is 9.25. The van der Waals surface area contributed by atoms with Crippen molar-refractivity contribution in [2.24, 2.45) is 0 Å². The van der Waals surface area contributed by atoms with E-state index in [1.165, 1.54) is 9.44 Å². The number of rotatable bonds is 5. The molecule has 0 saturated carbocycles. The molecular formula is C6H8N2O9S3. The molecule has 11 nitrogen and oxygen atoms in total. The maximum atomic E-state index is 11.0. The van der Waals surface area contributed by atoms with Crippen molar-refractivity contribution < 1.29 is 38.9 Å². The Hall–Kier alpha value is -1.45. The smallest absolute Gasteiger partial charge is 0.282 e. The maximum absolute atomic E-state index is 11.0. The summed E-state index contributed by atoms with van der Waals surface area (Å²) in [5, 5.41) is 0. The first-order chi connectivity index (χ1) is 8.78. The summed E-state index contributed by atoms with van der Waals surface area (Å²) in [6.07, 6.45) is 0. The zero-order valence-corrected chi connectivity index (χ0v) is 11.7. The van der Waals surface area contributed by atoms with Crippen LogP contribution in [-0.2, 0) is 30.7 Å². The molecule has 0 aromatic heterocycles. The van der Waals surface area contributed by atoms with E-state index in [4.69, 9.17) is 13.7 Å². The lowest BCUT2D eigenvalue weighted by Crippen LogP contribution is -2.15. The van der Waals surface area contributed by atoms with Gasteiger partial charge < -0.3 is 0 Å². The van der Waals surface area contributed by atoms with Crippen molar-refractivity contribution in [2.45, 2.75) is 4.90 Å². The summed E-state index contributed by atoms with van der Waals surface area (Å²) in [5.74, 6) is 0. The van der Waals surface area contributed by atoms with Crippen LogP contribution in [0.15, 0.2) is 23.1 Å². The summed E-state index contributed by atoms with van der Waals surface area (Å²) in [5.41, 5.74) is -1.25. The summed E-state index contributed by atoms with van der Waals surface area (Å²) in [4.78, 5) is -0.934. The average Bonchev–Trinajstić information content (AvgIpc) is 2.09. The fourth-order valence-corrected chi connectivity index (χ4v) is 2.75. The molecule has 0 aliphatic heterocycles. The first kappa shape index (κ1) is 16.6. The molecule has 14 heteroatoms. The van der Waals surface area contributed by atoms with Crippen LogP contribution in [-0.4, -0.2) is 38.9 Å². The summed E-state index contributed by atoms with van der Waals surface area (Å²) < 4.78 is 93.3. The highest BCUT2D eigenvalue weighted by Gasteiger charge is 2.19. The molecule has 0 heterocycles. The Bertz CT molecular complexity index is 824. The van der Waals surface area contributed by atoms with Gasteiger partial charge in [0.15, 0.2) is 0 Å². The van der Waals surface area contributed by atoms with Gasteiger partial charge in [0.2, 0.25) is 0 Å². The van der Waals surface area contributed by atoms with Crippen molar-refractivity contribution in [3.8, 4) is 0 Å². The SMILES string of the molecule is O=S(=O)(O)Nc1ccc(S(=O)(=O)O)c(NS(=O)(=O)O)c1. The number of nitrogens with one attached hydrogen (secondary N) is 2. The Morgan fingerprint density at radius 3 is 1.70 bits per heavy atom. The molecule has 1 rings (SSSR count). The van der Waals surface area contributed by atoms with Crippen LogP contribution in [0, 0.1) is 0 Å². The molecule has 0 unspecified atom stereocenters. The Kier molecular flexibility index (Phi) is 4.28. The van der Waals surface area contributed by atoms with E-state index in [9.17, 15) is 25.3 Å². The van der Waals surface area contributed by atoms with Crippen LogP contribution in [0.4, 0.5) is 11.4 Å². The summed E-state index contributed by atoms with van der Waals surface area (Å²) in [6, 6.07) is 2.09. The molecule has 0 atom stereocenters. The molecule has 0 fully saturated rings. The second-order valence-electron chi connectivity index (χ2n) is 3.34. The van der Waals surface area contributed by atoms with Gasteiger partial charge in [0.05, 0.1) is 11.4 Å². The maximum Gasteiger partial charge on any atom is 0.357 e. The fourth-order valence-electron chi connectivity index (χ4n) is 1.19. The van der Waals surface area contributed by atoms with Crippen LogP contribution in [0.3, 0.4) is 0 Å². The van der Waals surface area contributed by atoms with Crippen LogP contribution < -0.4 is 9.44 Å². The standard InChI is InChI=1S/C6H8N2O9S3/c9-18(10,11)6-2-1-4(7-19(12,13)14)3-5(6)8-20(15,16)17/h1-3,7-8H,(H,9,10,11)(H,12,13,14)(H,15,16,17). The molecule has 20 heavy (non-hydrogen) atoms. The monoisotopic (exact) mass is 348 g/mol. The third-order valence-electron chi connectivity index (χ3n) is 1.74. The van der Waals surface area contributed by atoms with Gasteiger partial charge in [-0.05, 0) is 18.2 Å². The van der Waals surface area contributed by atoms with E-state index in [0.717, 1.165) is 6.07 Å². The van der Waals surface area contributed by atoms with Crippen LogP contribution in [0.5, 0.6) is 0 Å². The largest absolute Gasteiger partial charge is 0.357 e. The van der Waals surface area contributed by atoms with Crippen molar-refractivity contribution in [3.05, 3.63) is 18.2 Å². The van der Waals surface area contributed by atoms with E-state index >= 15 is 0 Å². The average molecular weight is 348 g/mol. The minimum absolute atomic E-state index is 0.425. The van der Waals surface area contributed by atoms with Crippen molar-refractivity contribution in [1.82, 2.24) is 0 Å². The van der Waals surface area contributed by atoms with E-state index in [0.29, 0.717) is 12.1 Å². The molecule has 0 bridgehead atoms. The van der Waals surface area contributed by atoms with Crippen LogP contribution in [0.1, 0.15) is 0 Å². The number of hydrogen-bond acceptors (Lipinski definition) is 6. The fraction of sp³-hybridized carbons (Fsp3) is 0. The van der Waals surface area contributed by atoms with Crippen LogP contribution >= 0.6 is 0 Å². The molecule has 114 valence electrons. The molecule has 1 aromatic carbocycles. The molecule has 0 aliphatic rings. The van der Waals surface area contributed by atoms with Gasteiger partial charge >= 0.3 is 20.6 Å². The summed E-state index contributed by atoms with van der Waals surface area (Å²) in [7, 11) is -14.4. The lowest BCUT2D eigenvalue weighted by molar-refractivity contribution is 0.483. The molecule has 5 N–H and O–H groups in total. The van der Waals surface area contributed by atoms with Gasteiger partial charge in [-0.2, -0.15) is 25.3 Å². The Morgan fingerprint density at radius 2 is 1.30 bits per heavy atom. The Balaban J connectivity index is 3.44. The van der Waals surface area contributed by atoms with Gasteiger partial charge in [-0.1, -0.05) is 0 Å². The van der Waals surface area contributed by atoms with E-state index in [-0.39, 0.29) is 0 Å². The molecular weight excluding hydrogens is 340 g/mol. The van der Waals surface area contributed by atoms with E-state index in [1.807, 2.05) is 0 Å². The normalized spacial score (nSPS) is 12.9. The lowest BCUT2D eigenvalue weighted by atomic mass is 10.3. The molecule has 0 radical (unpaired) electrons. The first-order valence-corrected chi connectivity index (χ1v) is 8.72. The van der Waals surface area contributed by atoms with E-state index in [2.05, 4.69) is 0 Å². The van der Waals surface area contributed by atoms with Crippen molar-refractivity contribution >= 4 is 42.1 Å². The number of anilines is 2. The predicted octanol–water partition coefficient (Wildman–Crippen LogP) is -0.637. The zero-order chi connectivity index (χ0) is 15.8. The van der Waals surface area contributed by atoms with Crippen molar-refractivity contribution in [1.29, 1.82) is 0 Å². The van der Waals surface area contributed by atoms with Crippen molar-refractivity contribution in [2.75, 3.05) is 9.44 Å². The third-order valence-corrected chi connectivity index (χ3v) is 3.63. The second kappa shape index (κ2) is 5.15. The molecule has 0 amide bonds. The number of hydrogen-bond donors (Lipinski definition) is 5. The van der Waals surface area contributed by atoms with Crippen molar-refractivity contribution in [3.63, 3.8) is 0 Å². The lowest BCUT2D eigenvalue weighted by Gasteiger charge is -2.10. The van der Waals surface area contributed by atoms with E-state index < -0.39 is 47.0 Å². The number of benzene rings is 1. The van der Waals surface area contributed by atoms with Gasteiger partial charge in [-0.25, -0.2) is 0 Å². The second-order valence-corrected chi connectivity index (χ2v) is 7.04. The predicted molar refractivity (Wildman–Crippen MR) is 66.6 cm³/mol. The van der Waals surface area contributed by atoms with Crippen LogP contribution in [0.25, 0.3) is 0 Å². The van der Waals surface area contributed by atoms with Gasteiger partial charge in [0.25, 0.3) is 10.1 Å². The Labute approximate surface area is 114 Å². The summed E-state index contributed by atoms with van der Waals surface area (Å²) in [6.45, 7) is 0. The molecule has 1 aromatic rings. The molecule has 0 aliphatic carbocycles. The third kappa shape index (κ3) is 5.27. The van der Waals surface area contributed by atoms with Crippen LogP contribution in [0.2, 0.25) is 0 Å². The topological polar surface area (TPSA) is 187 Å². The first-order valence-electron chi connectivity index (χ1n) is 4.40. The van der Waals surface area contributed by atoms with Gasteiger partial charge in [0.1, 0.15) is 4.90 Å². The quantitative estimate of drug-likeness (QED) is 0.431. The van der Waals surface area contributed by atoms with E-state index in [1.54, 1.807) is 0 Å². The highest BCUT2D eigenvalue weighted by Crippen LogP contribution is 2.26. The van der Waals surface area contributed by atoms with Gasteiger partial charge in [0, 0.05) is 0 Å². The van der Waals surface area contributed by atoms with Gasteiger partial charge in [-0.3, -0.25) is 23.1 Å².